The lowest BCUT2D eigenvalue weighted by Gasteiger charge is -2.13. The molecule has 5 nitrogen and oxygen atoms in total. The van der Waals surface area contributed by atoms with Gasteiger partial charge in [0.2, 0.25) is 0 Å². The Balaban J connectivity index is 1.80. The van der Waals surface area contributed by atoms with Crippen LogP contribution < -0.4 is 10.6 Å². The van der Waals surface area contributed by atoms with Crippen LogP contribution in [0.2, 0.25) is 0 Å². The molecule has 3 rings (SSSR count). The number of carbonyl (C=O) groups excluding carboxylic acids is 1. The van der Waals surface area contributed by atoms with E-state index in [0.29, 0.717) is 10.4 Å². The summed E-state index contributed by atoms with van der Waals surface area (Å²) in [6, 6.07) is 7.85. The van der Waals surface area contributed by atoms with Crippen LogP contribution >= 0.6 is 11.3 Å². The number of carboxylic acid groups (broad SMARTS) is 1. The van der Waals surface area contributed by atoms with Gasteiger partial charge < -0.3 is 15.7 Å². The summed E-state index contributed by atoms with van der Waals surface area (Å²) in [5.41, 5.74) is 2.62. The van der Waals surface area contributed by atoms with Gasteiger partial charge in [0.15, 0.2) is 6.04 Å². The highest BCUT2D eigenvalue weighted by molar-refractivity contribution is 7.10. The van der Waals surface area contributed by atoms with Crippen LogP contribution in [0.15, 0.2) is 35.7 Å². The van der Waals surface area contributed by atoms with E-state index in [0.717, 1.165) is 24.2 Å². The normalized spacial score (nSPS) is 14.1. The summed E-state index contributed by atoms with van der Waals surface area (Å²) in [6.07, 6.45) is 0.879. The number of thiophene rings is 1. The minimum absolute atomic E-state index is 0.370. The van der Waals surface area contributed by atoms with Gasteiger partial charge in [-0.2, -0.15) is 0 Å². The fourth-order valence-corrected chi connectivity index (χ4v) is 3.14. The van der Waals surface area contributed by atoms with Crippen LogP contribution in [0.3, 0.4) is 0 Å². The van der Waals surface area contributed by atoms with E-state index in [-0.39, 0.29) is 5.91 Å². The molecule has 21 heavy (non-hydrogen) atoms. The van der Waals surface area contributed by atoms with Crippen molar-refractivity contribution >= 4 is 28.9 Å². The third-order valence-electron chi connectivity index (χ3n) is 3.43. The highest BCUT2D eigenvalue weighted by atomic mass is 32.1. The molecule has 0 fully saturated rings. The lowest BCUT2D eigenvalue weighted by atomic mass is 10.1. The van der Waals surface area contributed by atoms with Gasteiger partial charge in [-0.15, -0.1) is 11.3 Å². The molecule has 2 heterocycles. The van der Waals surface area contributed by atoms with Crippen molar-refractivity contribution in [3.63, 3.8) is 0 Å². The first-order valence-corrected chi connectivity index (χ1v) is 7.47. The van der Waals surface area contributed by atoms with E-state index < -0.39 is 12.0 Å². The van der Waals surface area contributed by atoms with Crippen molar-refractivity contribution in [3.05, 3.63) is 51.7 Å². The molecular weight excluding hydrogens is 288 g/mol. The molecule has 108 valence electrons. The molecule has 3 N–H and O–H groups in total. The molecule has 2 aromatic rings. The Morgan fingerprint density at radius 1 is 1.33 bits per heavy atom. The highest BCUT2D eigenvalue weighted by Crippen LogP contribution is 2.24. The minimum atomic E-state index is -1.06. The number of hydrogen-bond donors (Lipinski definition) is 3. The number of benzene rings is 1. The van der Waals surface area contributed by atoms with Crippen molar-refractivity contribution < 1.29 is 14.7 Å². The number of carboxylic acids is 1. The van der Waals surface area contributed by atoms with Crippen LogP contribution in [0.5, 0.6) is 0 Å². The zero-order valence-electron chi connectivity index (χ0n) is 11.1. The topological polar surface area (TPSA) is 78.4 Å². The Morgan fingerprint density at radius 3 is 2.90 bits per heavy atom. The lowest BCUT2D eigenvalue weighted by Crippen LogP contribution is -2.33. The summed E-state index contributed by atoms with van der Waals surface area (Å²) in [5.74, 6) is -1.43. The third-order valence-corrected chi connectivity index (χ3v) is 4.36. The Labute approximate surface area is 125 Å². The van der Waals surface area contributed by atoms with Crippen molar-refractivity contribution in [3.8, 4) is 0 Å². The van der Waals surface area contributed by atoms with Gasteiger partial charge in [-0.05, 0) is 41.6 Å². The molecule has 1 atom stereocenters. The summed E-state index contributed by atoms with van der Waals surface area (Å²) >= 11 is 1.31. The van der Waals surface area contributed by atoms with E-state index in [4.69, 9.17) is 0 Å². The van der Waals surface area contributed by atoms with Crippen molar-refractivity contribution in [1.82, 2.24) is 5.32 Å². The average Bonchev–Trinajstić information content (AvgIpc) is 3.14. The Morgan fingerprint density at radius 2 is 2.19 bits per heavy atom. The number of carbonyl (C=O) groups is 2. The van der Waals surface area contributed by atoms with E-state index in [9.17, 15) is 14.7 Å². The molecule has 1 aliphatic heterocycles. The SMILES string of the molecule is O=C(NC(C(=O)O)c1cccs1)c1ccc2c(c1)CCN2. The number of fused-ring (bicyclic) bond motifs is 1. The minimum Gasteiger partial charge on any atom is -0.479 e. The maximum atomic E-state index is 12.3. The molecule has 1 unspecified atom stereocenters. The van der Waals surface area contributed by atoms with Gasteiger partial charge in [-0.25, -0.2) is 4.79 Å². The van der Waals surface area contributed by atoms with Crippen molar-refractivity contribution in [2.24, 2.45) is 0 Å². The summed E-state index contributed by atoms with van der Waals surface area (Å²) in [5, 5.41) is 16.9. The molecule has 1 aromatic carbocycles. The first-order valence-electron chi connectivity index (χ1n) is 6.59. The van der Waals surface area contributed by atoms with Gasteiger partial charge in [0, 0.05) is 22.7 Å². The van der Waals surface area contributed by atoms with E-state index in [1.165, 1.54) is 11.3 Å². The molecule has 0 aliphatic carbocycles. The standard InChI is InChI=1S/C15H14N2O3S/c18-14(10-3-4-11-9(8-10)5-6-16-11)17-13(15(19)20)12-2-1-7-21-12/h1-4,7-8,13,16H,5-6H2,(H,17,18)(H,19,20). The van der Waals surface area contributed by atoms with Gasteiger partial charge in [0.25, 0.3) is 5.91 Å². The largest absolute Gasteiger partial charge is 0.479 e. The van der Waals surface area contributed by atoms with E-state index in [1.54, 1.807) is 23.6 Å². The van der Waals surface area contributed by atoms with Gasteiger partial charge >= 0.3 is 5.97 Å². The van der Waals surface area contributed by atoms with Crippen molar-refractivity contribution in [2.75, 3.05) is 11.9 Å². The van der Waals surface area contributed by atoms with E-state index in [2.05, 4.69) is 10.6 Å². The summed E-state index contributed by atoms with van der Waals surface area (Å²) in [4.78, 5) is 24.2. The van der Waals surface area contributed by atoms with E-state index >= 15 is 0 Å². The van der Waals surface area contributed by atoms with Gasteiger partial charge in [0.1, 0.15) is 0 Å². The molecule has 1 aromatic heterocycles. The van der Waals surface area contributed by atoms with Crippen LogP contribution in [0, 0.1) is 0 Å². The van der Waals surface area contributed by atoms with Crippen LogP contribution in [0.1, 0.15) is 26.8 Å². The maximum absolute atomic E-state index is 12.3. The van der Waals surface area contributed by atoms with Crippen molar-refractivity contribution in [1.29, 1.82) is 0 Å². The predicted octanol–water partition coefficient (Wildman–Crippen LogP) is 2.27. The molecule has 6 heteroatoms. The Kier molecular flexibility index (Phi) is 3.62. The average molecular weight is 302 g/mol. The maximum Gasteiger partial charge on any atom is 0.331 e. The second-order valence-electron chi connectivity index (χ2n) is 4.81. The van der Waals surface area contributed by atoms with E-state index in [1.807, 2.05) is 12.1 Å². The second kappa shape index (κ2) is 5.57. The Bertz CT molecular complexity index is 682. The smallest absolute Gasteiger partial charge is 0.331 e. The number of anilines is 1. The van der Waals surface area contributed by atoms with Gasteiger partial charge in [0.05, 0.1) is 0 Å². The molecule has 0 saturated carbocycles. The fourth-order valence-electron chi connectivity index (χ4n) is 2.37. The number of hydrogen-bond acceptors (Lipinski definition) is 4. The zero-order valence-corrected chi connectivity index (χ0v) is 11.9. The first kappa shape index (κ1) is 13.6. The fraction of sp³-hybridized carbons (Fsp3) is 0.200. The zero-order chi connectivity index (χ0) is 14.8. The summed E-state index contributed by atoms with van der Waals surface area (Å²) in [7, 11) is 0. The Hall–Kier alpha value is -2.34. The van der Waals surface area contributed by atoms with Crippen LogP contribution in [0.4, 0.5) is 5.69 Å². The predicted molar refractivity (Wildman–Crippen MR) is 80.8 cm³/mol. The van der Waals surface area contributed by atoms with Crippen LogP contribution in [-0.4, -0.2) is 23.5 Å². The van der Waals surface area contributed by atoms with Gasteiger partial charge in [-0.3, -0.25) is 4.79 Å². The highest BCUT2D eigenvalue weighted by Gasteiger charge is 2.24. The molecule has 0 bridgehead atoms. The molecule has 0 radical (unpaired) electrons. The summed E-state index contributed by atoms with van der Waals surface area (Å²) in [6.45, 7) is 0.868. The third kappa shape index (κ3) is 2.75. The number of nitrogens with one attached hydrogen (secondary N) is 2. The lowest BCUT2D eigenvalue weighted by molar-refractivity contribution is -0.139. The van der Waals surface area contributed by atoms with Crippen LogP contribution in [-0.2, 0) is 11.2 Å². The molecular formula is C15H14N2O3S. The monoisotopic (exact) mass is 302 g/mol. The van der Waals surface area contributed by atoms with Crippen molar-refractivity contribution in [2.45, 2.75) is 12.5 Å². The van der Waals surface area contributed by atoms with Gasteiger partial charge in [-0.1, -0.05) is 6.07 Å². The number of rotatable bonds is 4. The van der Waals surface area contributed by atoms with Crippen LogP contribution in [0.25, 0.3) is 0 Å². The molecule has 1 aliphatic rings. The quantitative estimate of drug-likeness (QED) is 0.809. The number of aliphatic carboxylic acids is 1. The number of amides is 1. The second-order valence-corrected chi connectivity index (χ2v) is 5.79. The summed E-state index contributed by atoms with van der Waals surface area (Å²) < 4.78 is 0. The molecule has 0 saturated heterocycles. The first-order chi connectivity index (χ1) is 10.1. The molecule has 0 spiro atoms. The molecule has 1 amide bonds.